The van der Waals surface area contributed by atoms with Crippen LogP contribution in [-0.4, -0.2) is 23.1 Å². The lowest BCUT2D eigenvalue weighted by Crippen LogP contribution is -2.35. The fraction of sp³-hybridized carbons (Fsp3) is 0.174. The van der Waals surface area contributed by atoms with Gasteiger partial charge in [-0.05, 0) is 55.4 Å². The summed E-state index contributed by atoms with van der Waals surface area (Å²) in [5.41, 5.74) is 3.83. The maximum atomic E-state index is 14.2. The van der Waals surface area contributed by atoms with Crippen LogP contribution in [0.4, 0.5) is 23.2 Å². The van der Waals surface area contributed by atoms with E-state index in [0.29, 0.717) is 0 Å². The molecule has 1 heterocycles. The molecule has 0 saturated carbocycles. The number of carbonyl (C=O) groups excluding carboxylic acids is 1. The number of carbonyl (C=O) groups is 1. The Morgan fingerprint density at radius 2 is 2.00 bits per heavy atom. The predicted molar refractivity (Wildman–Crippen MR) is 123 cm³/mol. The van der Waals surface area contributed by atoms with Crippen molar-refractivity contribution in [3.63, 3.8) is 0 Å². The minimum absolute atomic E-state index is 0.0956. The molecule has 0 unspecified atom stereocenters. The number of nitrogens with zero attached hydrogens (tertiary/aromatic N) is 2. The van der Waals surface area contributed by atoms with Crippen molar-refractivity contribution in [1.29, 1.82) is 0 Å². The van der Waals surface area contributed by atoms with Gasteiger partial charge >= 0.3 is 6.36 Å². The highest BCUT2D eigenvalue weighted by molar-refractivity contribution is 7.80. The molecule has 2 N–H and O–H groups in total. The van der Waals surface area contributed by atoms with E-state index in [9.17, 15) is 22.4 Å². The summed E-state index contributed by atoms with van der Waals surface area (Å²) in [5, 5.41) is 7.13. The zero-order valence-electron chi connectivity index (χ0n) is 17.5. The second-order valence-corrected chi connectivity index (χ2v) is 7.80. The van der Waals surface area contributed by atoms with E-state index in [1.54, 1.807) is 6.07 Å². The summed E-state index contributed by atoms with van der Waals surface area (Å²) in [5.74, 6) is -1.66. The van der Waals surface area contributed by atoms with Crippen LogP contribution in [0.15, 0.2) is 71.5 Å². The predicted octanol–water partition coefficient (Wildman–Crippen LogP) is 4.67. The van der Waals surface area contributed by atoms with Gasteiger partial charge in [0.05, 0.1) is 12.2 Å². The lowest BCUT2D eigenvalue weighted by Gasteiger charge is -2.17. The first-order valence-electron chi connectivity index (χ1n) is 10.2. The van der Waals surface area contributed by atoms with Crippen molar-refractivity contribution in [1.82, 2.24) is 10.7 Å². The van der Waals surface area contributed by atoms with E-state index in [0.717, 1.165) is 30.7 Å². The molecule has 0 saturated heterocycles. The van der Waals surface area contributed by atoms with E-state index in [1.165, 1.54) is 29.2 Å². The van der Waals surface area contributed by atoms with Crippen LogP contribution >= 0.6 is 12.2 Å². The van der Waals surface area contributed by atoms with Gasteiger partial charge in [0.25, 0.3) is 5.91 Å². The quantitative estimate of drug-likeness (QED) is 0.362. The van der Waals surface area contributed by atoms with Crippen LogP contribution in [0, 0.1) is 5.82 Å². The number of thiocarbonyl (C=S) groups is 1. The molecule has 1 aliphatic heterocycles. The third kappa shape index (κ3) is 5.42. The molecular weight excluding hydrogens is 472 g/mol. The third-order valence-electron chi connectivity index (χ3n) is 5.04. The van der Waals surface area contributed by atoms with Crippen LogP contribution < -0.4 is 20.4 Å². The average Bonchev–Trinajstić information content (AvgIpc) is 3.03. The number of halogens is 4. The number of fused-ring (bicyclic) bond motifs is 1. The monoisotopic (exact) mass is 490 g/mol. The highest BCUT2D eigenvalue weighted by Crippen LogP contribution is 2.35. The van der Waals surface area contributed by atoms with Gasteiger partial charge in [0.2, 0.25) is 0 Å². The van der Waals surface area contributed by atoms with Gasteiger partial charge < -0.3 is 15.0 Å². The summed E-state index contributed by atoms with van der Waals surface area (Å²) in [7, 11) is 0. The number of hydrogen-bond donors (Lipinski definition) is 2. The zero-order valence-corrected chi connectivity index (χ0v) is 18.3. The van der Waals surface area contributed by atoms with Crippen LogP contribution in [0.25, 0.3) is 0 Å². The van der Waals surface area contributed by atoms with E-state index in [-0.39, 0.29) is 34.2 Å². The molecule has 2 aliphatic rings. The average molecular weight is 490 g/mol. The van der Waals surface area contributed by atoms with Gasteiger partial charge in [0.15, 0.2) is 10.8 Å². The maximum absolute atomic E-state index is 14.2. The number of benzene rings is 2. The van der Waals surface area contributed by atoms with Crippen molar-refractivity contribution >= 4 is 34.6 Å². The van der Waals surface area contributed by atoms with Gasteiger partial charge in [0.1, 0.15) is 11.6 Å². The van der Waals surface area contributed by atoms with Gasteiger partial charge in [0, 0.05) is 16.8 Å². The molecule has 1 aliphatic carbocycles. The maximum Gasteiger partial charge on any atom is 0.573 e. The van der Waals surface area contributed by atoms with Gasteiger partial charge in [-0.15, -0.1) is 13.2 Å². The summed E-state index contributed by atoms with van der Waals surface area (Å²) < 4.78 is 56.4. The Morgan fingerprint density at radius 3 is 2.71 bits per heavy atom. The van der Waals surface area contributed by atoms with Crippen LogP contribution in [-0.2, 0) is 11.3 Å². The number of hydrazone groups is 1. The van der Waals surface area contributed by atoms with Gasteiger partial charge in [-0.25, -0.2) is 4.39 Å². The van der Waals surface area contributed by atoms with E-state index >= 15 is 0 Å². The van der Waals surface area contributed by atoms with Crippen LogP contribution in [0.2, 0.25) is 0 Å². The normalized spacial score (nSPS) is 16.4. The van der Waals surface area contributed by atoms with Gasteiger partial charge in [-0.3, -0.25) is 10.2 Å². The number of rotatable bonds is 5. The van der Waals surface area contributed by atoms with E-state index < -0.39 is 23.8 Å². The molecule has 0 spiro atoms. The number of ether oxygens (including phenoxy) is 1. The molecule has 176 valence electrons. The number of nitrogens with one attached hydrogen (secondary N) is 2. The third-order valence-corrected chi connectivity index (χ3v) is 5.23. The number of alkyl halides is 3. The van der Waals surface area contributed by atoms with Gasteiger partial charge in [-0.2, -0.15) is 5.10 Å². The Bertz CT molecular complexity index is 1220. The molecule has 6 nitrogen and oxygen atoms in total. The van der Waals surface area contributed by atoms with Crippen LogP contribution in [0.3, 0.4) is 0 Å². The topological polar surface area (TPSA) is 66.0 Å². The number of anilines is 1. The van der Waals surface area contributed by atoms with Crippen molar-refractivity contribution in [2.75, 3.05) is 4.90 Å². The molecule has 34 heavy (non-hydrogen) atoms. The lowest BCUT2D eigenvalue weighted by atomic mass is 10.1. The summed E-state index contributed by atoms with van der Waals surface area (Å²) in [6.45, 7) is -0.140. The first-order valence-corrected chi connectivity index (χ1v) is 10.6. The van der Waals surface area contributed by atoms with E-state index in [2.05, 4.69) is 20.6 Å². The minimum atomic E-state index is -4.91. The summed E-state index contributed by atoms with van der Waals surface area (Å²) >= 11 is 5.21. The fourth-order valence-corrected chi connectivity index (χ4v) is 3.72. The molecule has 2 aromatic carbocycles. The molecule has 0 atom stereocenters. The Kier molecular flexibility index (Phi) is 6.64. The van der Waals surface area contributed by atoms with E-state index in [1.807, 2.05) is 18.2 Å². The molecule has 0 aromatic heterocycles. The smallest absolute Gasteiger partial charge is 0.406 e. The molecule has 4 rings (SSSR count). The fourth-order valence-electron chi connectivity index (χ4n) is 3.54. The Hall–Kier alpha value is -3.73. The number of amides is 1. The molecule has 2 aromatic rings. The van der Waals surface area contributed by atoms with Crippen molar-refractivity contribution in [3.8, 4) is 5.75 Å². The molecule has 1 amide bonds. The second-order valence-electron chi connectivity index (χ2n) is 7.39. The van der Waals surface area contributed by atoms with Gasteiger partial charge in [-0.1, -0.05) is 30.4 Å². The van der Waals surface area contributed by atoms with Crippen molar-refractivity contribution in [2.24, 2.45) is 5.10 Å². The largest absolute Gasteiger partial charge is 0.573 e. The standard InChI is InChI=1S/C23H18F4N4O2S/c24-18-9-5-4-6-14(18)13-31-19-11-10-16(33-23(25,26)27)12-17(19)20(21(31)32)29-30-22(34)28-15-7-2-1-3-8-15/h1-2,4-7,9-12H,3,8,13H2,(H2,28,30,34)/b29-20-. The first-order chi connectivity index (χ1) is 16.2. The summed E-state index contributed by atoms with van der Waals surface area (Å²) in [6.07, 6.45) is 2.39. The van der Waals surface area contributed by atoms with Crippen molar-refractivity contribution < 1.29 is 27.1 Å². The van der Waals surface area contributed by atoms with Crippen LogP contribution in [0.5, 0.6) is 5.75 Å². The molecule has 0 fully saturated rings. The molecule has 11 heteroatoms. The van der Waals surface area contributed by atoms with Crippen LogP contribution in [0.1, 0.15) is 24.0 Å². The minimum Gasteiger partial charge on any atom is -0.406 e. The SMILES string of the molecule is O=C1/C(=N\NC(=S)NC2=CC=CCC2)c2cc(OC(F)(F)F)ccc2N1Cc1ccccc1F. The first kappa shape index (κ1) is 23.4. The highest BCUT2D eigenvalue weighted by Gasteiger charge is 2.37. The number of allylic oxidation sites excluding steroid dienone is 4. The Balaban J connectivity index is 1.63. The number of hydrogen-bond acceptors (Lipinski definition) is 4. The second kappa shape index (κ2) is 9.64. The van der Waals surface area contributed by atoms with Crippen molar-refractivity contribution in [3.05, 3.63) is 83.3 Å². The summed E-state index contributed by atoms with van der Waals surface area (Å²) in [6, 6.07) is 9.35. The highest BCUT2D eigenvalue weighted by atomic mass is 32.1. The molecule has 0 radical (unpaired) electrons. The van der Waals surface area contributed by atoms with Crippen molar-refractivity contribution in [2.45, 2.75) is 25.7 Å². The Labute approximate surface area is 197 Å². The molecular formula is C23H18F4N4O2S. The Morgan fingerprint density at radius 1 is 1.21 bits per heavy atom. The molecule has 0 bridgehead atoms. The van der Waals surface area contributed by atoms with E-state index in [4.69, 9.17) is 12.2 Å². The zero-order chi connectivity index (χ0) is 24.3. The lowest BCUT2D eigenvalue weighted by molar-refractivity contribution is -0.274. The summed E-state index contributed by atoms with van der Waals surface area (Å²) in [4.78, 5) is 14.4.